The monoisotopic (exact) mass is 161 g/mol. The van der Waals surface area contributed by atoms with E-state index in [1.54, 1.807) is 0 Å². The van der Waals surface area contributed by atoms with Gasteiger partial charge < -0.3 is 0 Å². The third kappa shape index (κ3) is 7.23. The molecule has 0 aliphatic rings. The van der Waals surface area contributed by atoms with E-state index in [9.17, 15) is 0 Å². The van der Waals surface area contributed by atoms with Crippen molar-refractivity contribution in [3.8, 4) is 23.7 Å². The van der Waals surface area contributed by atoms with Crippen LogP contribution in [0, 0.1) is 29.6 Å². The average molecular weight is 161 g/mol. The summed E-state index contributed by atoms with van der Waals surface area (Å²) in [5.74, 6) is 13.1. The molecule has 0 aromatic rings. The van der Waals surface area contributed by atoms with Crippen molar-refractivity contribution in [3.63, 3.8) is 0 Å². The maximum Gasteiger partial charge on any atom is 0.116 e. The molecule has 0 heteroatoms. The van der Waals surface area contributed by atoms with Gasteiger partial charge in [0.1, 0.15) is 5.92 Å². The first kappa shape index (κ1) is 11.1. The summed E-state index contributed by atoms with van der Waals surface area (Å²) in [4.78, 5) is 0. The molecule has 0 bridgehead atoms. The van der Waals surface area contributed by atoms with E-state index in [4.69, 9.17) is 0 Å². The van der Waals surface area contributed by atoms with Crippen molar-refractivity contribution in [3.05, 3.63) is 5.92 Å². The quantitative estimate of drug-likeness (QED) is 0.431. The molecule has 12 heavy (non-hydrogen) atoms. The minimum atomic E-state index is 0.911. The van der Waals surface area contributed by atoms with Gasteiger partial charge in [0.05, 0.1) is 0 Å². The molecular formula is C12H17. The molecule has 0 aromatic heterocycles. The molecule has 65 valence electrons. The first-order valence-corrected chi connectivity index (χ1v) is 4.62. The maximum absolute atomic E-state index is 3.11. The van der Waals surface area contributed by atoms with Crippen molar-refractivity contribution in [2.24, 2.45) is 0 Å². The second-order valence-electron chi connectivity index (χ2n) is 2.69. The zero-order valence-electron chi connectivity index (χ0n) is 8.33. The lowest BCUT2D eigenvalue weighted by Crippen LogP contribution is -1.80. The standard InChI is InChI=1S/C12H17/c1-4-6-8-9-11-12(3)10-7-5-2/h4-6,8H2,1-3H3. The Hall–Kier alpha value is -0.880. The molecule has 0 fully saturated rings. The Morgan fingerprint density at radius 1 is 1.08 bits per heavy atom. The Bertz CT molecular complexity index is 204. The van der Waals surface area contributed by atoms with Crippen molar-refractivity contribution >= 4 is 0 Å². The van der Waals surface area contributed by atoms with Gasteiger partial charge in [0, 0.05) is 12.8 Å². The molecule has 0 heterocycles. The lowest BCUT2D eigenvalue weighted by Gasteiger charge is -1.87. The van der Waals surface area contributed by atoms with Crippen molar-refractivity contribution in [1.82, 2.24) is 0 Å². The molecule has 0 nitrogen and oxygen atoms in total. The molecular weight excluding hydrogens is 144 g/mol. The van der Waals surface area contributed by atoms with Crippen LogP contribution in [0.2, 0.25) is 0 Å². The lowest BCUT2D eigenvalue weighted by molar-refractivity contribution is 0.828. The van der Waals surface area contributed by atoms with E-state index in [0.717, 1.165) is 18.8 Å². The van der Waals surface area contributed by atoms with Crippen molar-refractivity contribution in [2.45, 2.75) is 46.5 Å². The van der Waals surface area contributed by atoms with Gasteiger partial charge in [-0.2, -0.15) is 0 Å². The van der Waals surface area contributed by atoms with E-state index in [0.29, 0.717) is 0 Å². The van der Waals surface area contributed by atoms with Gasteiger partial charge in [-0.25, -0.2) is 0 Å². The molecule has 1 radical (unpaired) electrons. The van der Waals surface area contributed by atoms with Crippen molar-refractivity contribution in [1.29, 1.82) is 0 Å². The molecule has 0 aliphatic carbocycles. The fourth-order valence-corrected chi connectivity index (χ4v) is 0.712. The molecule has 0 aliphatic heterocycles. The molecule has 0 saturated heterocycles. The smallest absolute Gasteiger partial charge is 0.102 e. The number of hydrogen-bond donors (Lipinski definition) is 0. The van der Waals surface area contributed by atoms with Crippen LogP contribution in [0.1, 0.15) is 46.5 Å². The molecule has 0 saturated carbocycles. The van der Waals surface area contributed by atoms with E-state index in [1.807, 2.05) is 13.8 Å². The van der Waals surface area contributed by atoms with Gasteiger partial charge in [0.2, 0.25) is 0 Å². The van der Waals surface area contributed by atoms with Crippen LogP contribution >= 0.6 is 0 Å². The van der Waals surface area contributed by atoms with E-state index >= 15 is 0 Å². The van der Waals surface area contributed by atoms with Gasteiger partial charge in [-0.15, -0.1) is 11.8 Å². The molecule has 0 spiro atoms. The van der Waals surface area contributed by atoms with Crippen molar-refractivity contribution < 1.29 is 0 Å². The summed E-state index contributed by atoms with van der Waals surface area (Å²) >= 11 is 0. The highest BCUT2D eigenvalue weighted by molar-refractivity contribution is 5.35. The second kappa shape index (κ2) is 8.22. The first-order valence-electron chi connectivity index (χ1n) is 4.62. The summed E-state index contributed by atoms with van der Waals surface area (Å²) in [6.45, 7) is 6.20. The van der Waals surface area contributed by atoms with E-state index < -0.39 is 0 Å². The van der Waals surface area contributed by atoms with Crippen LogP contribution in [0.25, 0.3) is 0 Å². The first-order chi connectivity index (χ1) is 5.81. The summed E-state index contributed by atoms with van der Waals surface area (Å²) < 4.78 is 0. The zero-order valence-corrected chi connectivity index (χ0v) is 8.33. The summed E-state index contributed by atoms with van der Waals surface area (Å²) in [6, 6.07) is 0. The molecule has 0 amide bonds. The Morgan fingerprint density at radius 2 is 1.75 bits per heavy atom. The normalized spacial score (nSPS) is 8.33. The average Bonchev–Trinajstić information content (AvgIpc) is 2.09. The van der Waals surface area contributed by atoms with Crippen LogP contribution in [0.3, 0.4) is 0 Å². The Balaban J connectivity index is 3.63. The molecule has 0 unspecified atom stereocenters. The minimum absolute atomic E-state index is 0.911. The van der Waals surface area contributed by atoms with Crippen LogP contribution in [-0.4, -0.2) is 0 Å². The predicted molar refractivity (Wildman–Crippen MR) is 54.3 cm³/mol. The third-order valence-electron chi connectivity index (χ3n) is 1.38. The Labute approximate surface area is 76.8 Å². The van der Waals surface area contributed by atoms with Crippen LogP contribution in [-0.2, 0) is 0 Å². The highest BCUT2D eigenvalue weighted by Crippen LogP contribution is 1.95. The van der Waals surface area contributed by atoms with Gasteiger partial charge in [-0.05, 0) is 13.3 Å². The SMILES string of the molecule is CCC#C[C](C)C#CCCCC. The second-order valence-corrected chi connectivity index (χ2v) is 2.69. The Morgan fingerprint density at radius 3 is 2.33 bits per heavy atom. The number of unbranched alkanes of at least 4 members (excludes halogenated alkanes) is 2. The van der Waals surface area contributed by atoms with Gasteiger partial charge in [0.25, 0.3) is 0 Å². The van der Waals surface area contributed by atoms with E-state index in [-0.39, 0.29) is 0 Å². The highest BCUT2D eigenvalue weighted by Gasteiger charge is 1.87. The third-order valence-corrected chi connectivity index (χ3v) is 1.38. The molecule has 0 aromatic carbocycles. The van der Waals surface area contributed by atoms with E-state index in [1.165, 1.54) is 12.8 Å². The number of rotatable bonds is 2. The van der Waals surface area contributed by atoms with Gasteiger partial charge in [-0.1, -0.05) is 32.1 Å². The summed E-state index contributed by atoms with van der Waals surface area (Å²) in [6.07, 6.45) is 4.32. The highest BCUT2D eigenvalue weighted by atomic mass is 13.9. The predicted octanol–water partition coefficient (Wildman–Crippen LogP) is 3.19. The van der Waals surface area contributed by atoms with Crippen LogP contribution in [0.4, 0.5) is 0 Å². The van der Waals surface area contributed by atoms with Crippen LogP contribution in [0.5, 0.6) is 0 Å². The molecule has 0 atom stereocenters. The van der Waals surface area contributed by atoms with Gasteiger partial charge in [-0.3, -0.25) is 0 Å². The summed E-state index contributed by atoms with van der Waals surface area (Å²) in [5.41, 5.74) is 0. The molecule has 0 N–H and O–H groups in total. The maximum atomic E-state index is 3.11. The van der Waals surface area contributed by atoms with Gasteiger partial charge in [0.15, 0.2) is 0 Å². The zero-order chi connectivity index (χ0) is 9.23. The van der Waals surface area contributed by atoms with Crippen molar-refractivity contribution in [2.75, 3.05) is 0 Å². The topological polar surface area (TPSA) is 0 Å². The van der Waals surface area contributed by atoms with Crippen LogP contribution < -0.4 is 0 Å². The Kier molecular flexibility index (Phi) is 7.62. The lowest BCUT2D eigenvalue weighted by atomic mass is 10.1. The fourth-order valence-electron chi connectivity index (χ4n) is 0.712. The summed E-state index contributed by atoms with van der Waals surface area (Å²) in [5, 5.41) is 0. The van der Waals surface area contributed by atoms with Gasteiger partial charge >= 0.3 is 0 Å². The molecule has 0 rings (SSSR count). The fraction of sp³-hybridized carbons (Fsp3) is 0.583. The number of hydrogen-bond acceptors (Lipinski definition) is 0. The largest absolute Gasteiger partial charge is 0.116 e. The summed E-state index contributed by atoms with van der Waals surface area (Å²) in [7, 11) is 0. The minimum Gasteiger partial charge on any atom is -0.102 e. The van der Waals surface area contributed by atoms with Crippen LogP contribution in [0.15, 0.2) is 0 Å². The van der Waals surface area contributed by atoms with E-state index in [2.05, 4.69) is 30.6 Å².